The number of nitrogens with zero attached hydrogens (tertiary/aromatic N) is 2. The highest BCUT2D eigenvalue weighted by molar-refractivity contribution is 7.99. The summed E-state index contributed by atoms with van der Waals surface area (Å²) in [7, 11) is 0. The van der Waals surface area contributed by atoms with E-state index in [1.165, 1.54) is 11.8 Å². The third-order valence-electron chi connectivity index (χ3n) is 3.99. The van der Waals surface area contributed by atoms with E-state index in [-0.39, 0.29) is 18.3 Å². The van der Waals surface area contributed by atoms with E-state index in [4.69, 9.17) is 0 Å². The molecule has 5 nitrogen and oxygen atoms in total. The molecule has 0 spiro atoms. The molecule has 0 fully saturated rings. The van der Waals surface area contributed by atoms with Crippen LogP contribution in [-0.4, -0.2) is 26.3 Å². The zero-order valence-electron chi connectivity index (χ0n) is 15.5. The minimum Gasteiger partial charge on any atom is -0.390 e. The molecule has 0 bridgehead atoms. The van der Waals surface area contributed by atoms with Crippen molar-refractivity contribution in [1.82, 2.24) is 9.55 Å². The summed E-state index contributed by atoms with van der Waals surface area (Å²) in [4.78, 5) is 16.8. The number of carbonyl (C=O) groups is 1. The zero-order chi connectivity index (χ0) is 19.2. The lowest BCUT2D eigenvalue weighted by molar-refractivity contribution is -0.113. The van der Waals surface area contributed by atoms with Gasteiger partial charge in [-0.05, 0) is 42.7 Å². The van der Waals surface area contributed by atoms with Crippen molar-refractivity contribution >= 4 is 23.4 Å². The Labute approximate surface area is 163 Å². The molecule has 3 rings (SSSR count). The average Bonchev–Trinajstić information content (AvgIpc) is 3.02. The van der Waals surface area contributed by atoms with Crippen molar-refractivity contribution in [2.75, 3.05) is 11.1 Å². The van der Waals surface area contributed by atoms with E-state index in [1.54, 1.807) is 0 Å². The number of thioether (sulfide) groups is 1. The molecule has 1 amide bonds. The molecule has 140 valence electrons. The molecule has 0 aliphatic rings. The van der Waals surface area contributed by atoms with Gasteiger partial charge in [-0.3, -0.25) is 4.79 Å². The van der Waals surface area contributed by atoms with Crippen LogP contribution in [0.1, 0.15) is 22.4 Å². The third-order valence-corrected chi connectivity index (χ3v) is 4.98. The second-order valence-electron chi connectivity index (χ2n) is 6.50. The lowest BCUT2D eigenvalue weighted by Gasteiger charge is -2.09. The Morgan fingerprint density at radius 2 is 1.85 bits per heavy atom. The molecule has 3 aromatic rings. The monoisotopic (exact) mass is 381 g/mol. The molecule has 0 aliphatic heterocycles. The first-order valence-electron chi connectivity index (χ1n) is 8.75. The van der Waals surface area contributed by atoms with E-state index >= 15 is 0 Å². The number of imidazole rings is 1. The van der Waals surface area contributed by atoms with Gasteiger partial charge < -0.3 is 15.0 Å². The van der Waals surface area contributed by atoms with Gasteiger partial charge >= 0.3 is 0 Å². The van der Waals surface area contributed by atoms with Gasteiger partial charge in [0.2, 0.25) is 5.91 Å². The number of hydrogen-bond acceptors (Lipinski definition) is 4. The van der Waals surface area contributed by atoms with E-state index in [0.29, 0.717) is 12.2 Å². The number of aryl methyl sites for hydroxylation is 2. The fourth-order valence-corrected chi connectivity index (χ4v) is 3.71. The maximum atomic E-state index is 12.3. The number of anilines is 1. The topological polar surface area (TPSA) is 67.2 Å². The van der Waals surface area contributed by atoms with E-state index in [9.17, 15) is 9.90 Å². The van der Waals surface area contributed by atoms with E-state index in [0.717, 1.165) is 27.5 Å². The van der Waals surface area contributed by atoms with Crippen LogP contribution in [0.25, 0.3) is 0 Å². The van der Waals surface area contributed by atoms with Gasteiger partial charge in [-0.15, -0.1) is 0 Å². The van der Waals surface area contributed by atoms with Crippen LogP contribution in [0.4, 0.5) is 5.69 Å². The Kier molecular flexibility index (Phi) is 6.32. The number of nitrogens with one attached hydrogen (secondary N) is 1. The highest BCUT2D eigenvalue weighted by atomic mass is 32.2. The van der Waals surface area contributed by atoms with Crippen molar-refractivity contribution in [1.29, 1.82) is 0 Å². The number of aromatic nitrogens is 2. The summed E-state index contributed by atoms with van der Waals surface area (Å²) in [6, 6.07) is 16.0. The van der Waals surface area contributed by atoms with Crippen LogP contribution in [0.15, 0.2) is 59.9 Å². The minimum atomic E-state index is -0.121. The van der Waals surface area contributed by atoms with Crippen molar-refractivity contribution in [3.63, 3.8) is 0 Å². The maximum Gasteiger partial charge on any atom is 0.234 e. The predicted octanol–water partition coefficient (Wildman–Crippen LogP) is 3.77. The van der Waals surface area contributed by atoms with Gasteiger partial charge in [-0.1, -0.05) is 48.2 Å². The first-order valence-corrected chi connectivity index (χ1v) is 9.74. The van der Waals surface area contributed by atoms with Crippen LogP contribution in [-0.2, 0) is 17.9 Å². The summed E-state index contributed by atoms with van der Waals surface area (Å²) < 4.78 is 1.97. The SMILES string of the molecule is Cc1cc(C)cc(NC(=O)CSc2nc(CO)cn2Cc2ccccc2)c1. The summed E-state index contributed by atoms with van der Waals surface area (Å²) in [5.41, 5.74) is 4.78. The number of amides is 1. The molecule has 2 aromatic carbocycles. The molecule has 0 aliphatic carbocycles. The van der Waals surface area contributed by atoms with E-state index < -0.39 is 0 Å². The fraction of sp³-hybridized carbons (Fsp3) is 0.238. The Morgan fingerprint density at radius 1 is 1.15 bits per heavy atom. The zero-order valence-corrected chi connectivity index (χ0v) is 16.3. The minimum absolute atomic E-state index is 0.0789. The van der Waals surface area contributed by atoms with Crippen LogP contribution in [0.2, 0.25) is 0 Å². The Hall–Kier alpha value is -2.57. The van der Waals surface area contributed by atoms with Gasteiger partial charge in [-0.2, -0.15) is 0 Å². The Balaban J connectivity index is 1.66. The summed E-state index contributed by atoms with van der Waals surface area (Å²) in [5, 5.41) is 13.1. The van der Waals surface area contributed by atoms with Gasteiger partial charge in [-0.25, -0.2) is 4.98 Å². The van der Waals surface area contributed by atoms with Crippen molar-refractivity contribution in [3.8, 4) is 0 Å². The van der Waals surface area contributed by atoms with Crippen molar-refractivity contribution < 1.29 is 9.90 Å². The molecular weight excluding hydrogens is 358 g/mol. The lowest BCUT2D eigenvalue weighted by atomic mass is 10.1. The molecule has 6 heteroatoms. The van der Waals surface area contributed by atoms with Crippen LogP contribution in [0.5, 0.6) is 0 Å². The van der Waals surface area contributed by atoms with Crippen molar-refractivity contribution in [3.05, 3.63) is 77.1 Å². The number of aliphatic hydroxyl groups is 1. The fourth-order valence-electron chi connectivity index (χ4n) is 2.91. The molecule has 0 radical (unpaired) electrons. The predicted molar refractivity (Wildman–Crippen MR) is 109 cm³/mol. The van der Waals surface area contributed by atoms with Gasteiger partial charge in [0.1, 0.15) is 0 Å². The van der Waals surface area contributed by atoms with Crippen LogP contribution in [0, 0.1) is 13.8 Å². The van der Waals surface area contributed by atoms with Crippen LogP contribution >= 0.6 is 11.8 Å². The number of hydrogen-bond donors (Lipinski definition) is 2. The molecule has 1 aromatic heterocycles. The molecule has 2 N–H and O–H groups in total. The average molecular weight is 382 g/mol. The quantitative estimate of drug-likeness (QED) is 0.612. The van der Waals surface area contributed by atoms with Crippen LogP contribution in [0.3, 0.4) is 0 Å². The Morgan fingerprint density at radius 3 is 2.52 bits per heavy atom. The van der Waals surface area contributed by atoms with E-state index in [1.807, 2.05) is 67.1 Å². The van der Waals surface area contributed by atoms with Gasteiger partial charge in [0.05, 0.1) is 18.1 Å². The molecule has 0 saturated carbocycles. The van der Waals surface area contributed by atoms with Crippen LogP contribution < -0.4 is 5.32 Å². The molecule has 0 saturated heterocycles. The molecular formula is C21H23N3O2S. The third kappa shape index (κ3) is 5.45. The lowest BCUT2D eigenvalue weighted by Crippen LogP contribution is -2.15. The standard InChI is InChI=1S/C21H23N3O2S/c1-15-8-16(2)10-18(9-15)22-20(26)14-27-21-23-19(13-25)12-24(21)11-17-6-4-3-5-7-17/h3-10,12,25H,11,13-14H2,1-2H3,(H,22,26). The maximum absolute atomic E-state index is 12.3. The number of aliphatic hydroxyl groups excluding tert-OH is 1. The number of benzene rings is 2. The summed E-state index contributed by atoms with van der Waals surface area (Å²) >= 11 is 1.37. The van der Waals surface area contributed by atoms with Crippen molar-refractivity contribution in [2.24, 2.45) is 0 Å². The smallest absolute Gasteiger partial charge is 0.234 e. The summed E-state index contributed by atoms with van der Waals surface area (Å²) in [6.07, 6.45) is 1.83. The molecule has 0 unspecified atom stereocenters. The highest BCUT2D eigenvalue weighted by Crippen LogP contribution is 2.20. The van der Waals surface area contributed by atoms with Crippen molar-refractivity contribution in [2.45, 2.75) is 32.2 Å². The number of carbonyl (C=O) groups excluding carboxylic acids is 1. The first kappa shape index (κ1) is 19.2. The summed E-state index contributed by atoms with van der Waals surface area (Å²) in [6.45, 7) is 4.54. The second-order valence-corrected chi connectivity index (χ2v) is 7.44. The summed E-state index contributed by atoms with van der Waals surface area (Å²) in [5.74, 6) is 0.175. The van der Waals surface area contributed by atoms with Gasteiger partial charge in [0, 0.05) is 18.4 Å². The molecule has 27 heavy (non-hydrogen) atoms. The first-order chi connectivity index (χ1) is 13.0. The number of rotatable bonds is 7. The van der Waals surface area contributed by atoms with Gasteiger partial charge in [0.15, 0.2) is 5.16 Å². The highest BCUT2D eigenvalue weighted by Gasteiger charge is 2.12. The second kappa shape index (κ2) is 8.88. The largest absolute Gasteiger partial charge is 0.390 e. The Bertz CT molecular complexity index is 902. The van der Waals surface area contributed by atoms with Gasteiger partial charge in [0.25, 0.3) is 0 Å². The molecule has 0 atom stereocenters. The molecule has 1 heterocycles. The van der Waals surface area contributed by atoms with E-state index in [2.05, 4.69) is 16.4 Å². The normalized spacial score (nSPS) is 10.8.